The van der Waals surface area contributed by atoms with Gasteiger partial charge in [-0.1, -0.05) is 13.0 Å². The highest BCUT2D eigenvalue weighted by atomic mass is 16.5. The fraction of sp³-hybridized carbons (Fsp3) is 0.467. The monoisotopic (exact) mass is 291 g/mol. The van der Waals surface area contributed by atoms with Gasteiger partial charge in [0, 0.05) is 18.3 Å². The van der Waals surface area contributed by atoms with Crippen LogP contribution in [0.3, 0.4) is 0 Å². The molecule has 1 fully saturated rings. The molecule has 1 aliphatic heterocycles. The van der Waals surface area contributed by atoms with Gasteiger partial charge in [-0.05, 0) is 25.5 Å². The number of nitrogens with one attached hydrogen (secondary N) is 3. The zero-order chi connectivity index (χ0) is 15.2. The van der Waals surface area contributed by atoms with Crippen LogP contribution in [-0.4, -0.2) is 37.0 Å². The summed E-state index contributed by atoms with van der Waals surface area (Å²) in [6.45, 7) is 4.52. The molecule has 0 bridgehead atoms. The highest BCUT2D eigenvalue weighted by Gasteiger charge is 2.23. The Hall–Kier alpha value is -2.08. The van der Waals surface area contributed by atoms with E-state index in [1.807, 2.05) is 25.1 Å². The molecule has 0 saturated carbocycles. The maximum Gasteiger partial charge on any atom is 0.243 e. The summed E-state index contributed by atoms with van der Waals surface area (Å²) in [4.78, 5) is 23.1. The van der Waals surface area contributed by atoms with Crippen molar-refractivity contribution in [1.29, 1.82) is 0 Å². The Bertz CT molecular complexity index is 509. The molecular formula is C15H21N3O3. The number of carbonyl (C=O) groups excluding carboxylic acids is 2. The molecule has 0 aliphatic carbocycles. The maximum absolute atomic E-state index is 12.1. The topological polar surface area (TPSA) is 79.5 Å². The van der Waals surface area contributed by atoms with Crippen molar-refractivity contribution < 1.29 is 14.3 Å². The first-order valence-corrected chi connectivity index (χ1v) is 7.16. The standard InChI is InChI=1S/C15H21N3O3/c1-3-10(2)21-12-6-4-5-11(7-12)18-15(20)13-8-17-14(19)9-16-13/h4-7,10,13,16H,3,8-9H2,1-2H3,(H,17,19)(H,18,20). The molecule has 2 amide bonds. The summed E-state index contributed by atoms with van der Waals surface area (Å²) in [5.41, 5.74) is 0.680. The van der Waals surface area contributed by atoms with Crippen LogP contribution >= 0.6 is 0 Å². The van der Waals surface area contributed by atoms with E-state index >= 15 is 0 Å². The van der Waals surface area contributed by atoms with E-state index in [4.69, 9.17) is 4.74 Å². The predicted molar refractivity (Wildman–Crippen MR) is 80.3 cm³/mol. The summed E-state index contributed by atoms with van der Waals surface area (Å²) >= 11 is 0. The van der Waals surface area contributed by atoms with Gasteiger partial charge in [0.15, 0.2) is 0 Å². The summed E-state index contributed by atoms with van der Waals surface area (Å²) < 4.78 is 5.72. The van der Waals surface area contributed by atoms with Crippen LogP contribution in [0.1, 0.15) is 20.3 Å². The Kier molecular flexibility index (Phi) is 5.16. The summed E-state index contributed by atoms with van der Waals surface area (Å²) in [5, 5.41) is 8.37. The Morgan fingerprint density at radius 2 is 2.33 bits per heavy atom. The lowest BCUT2D eigenvalue weighted by molar-refractivity contribution is -0.124. The predicted octanol–water partition coefficient (Wildman–Crippen LogP) is 0.890. The van der Waals surface area contributed by atoms with Crippen molar-refractivity contribution in [3.63, 3.8) is 0 Å². The van der Waals surface area contributed by atoms with Crippen LogP contribution in [0.25, 0.3) is 0 Å². The fourth-order valence-corrected chi connectivity index (χ4v) is 1.94. The van der Waals surface area contributed by atoms with Crippen LogP contribution in [0.4, 0.5) is 5.69 Å². The van der Waals surface area contributed by atoms with Gasteiger partial charge < -0.3 is 15.4 Å². The largest absolute Gasteiger partial charge is 0.491 e. The number of carbonyl (C=O) groups is 2. The molecule has 2 atom stereocenters. The van der Waals surface area contributed by atoms with Gasteiger partial charge in [-0.3, -0.25) is 14.9 Å². The average Bonchev–Trinajstić information content (AvgIpc) is 2.48. The van der Waals surface area contributed by atoms with Crippen LogP contribution in [0, 0.1) is 0 Å². The number of hydrogen-bond donors (Lipinski definition) is 3. The summed E-state index contributed by atoms with van der Waals surface area (Å²) in [5.74, 6) is 0.464. The van der Waals surface area contributed by atoms with Crippen LogP contribution < -0.4 is 20.7 Å². The smallest absolute Gasteiger partial charge is 0.243 e. The summed E-state index contributed by atoms with van der Waals surface area (Å²) in [6, 6.07) is 6.89. The fourth-order valence-electron chi connectivity index (χ4n) is 1.94. The van der Waals surface area contributed by atoms with Gasteiger partial charge in [0.25, 0.3) is 0 Å². The van der Waals surface area contributed by atoms with E-state index < -0.39 is 6.04 Å². The minimum absolute atomic E-state index is 0.0944. The Balaban J connectivity index is 1.94. The number of rotatable bonds is 5. The number of hydrogen-bond acceptors (Lipinski definition) is 4. The molecule has 1 aliphatic rings. The first-order valence-electron chi connectivity index (χ1n) is 7.16. The molecule has 6 heteroatoms. The average molecular weight is 291 g/mol. The molecular weight excluding hydrogens is 270 g/mol. The van der Waals surface area contributed by atoms with Gasteiger partial charge in [0.1, 0.15) is 11.8 Å². The van der Waals surface area contributed by atoms with Crippen molar-refractivity contribution >= 4 is 17.5 Å². The molecule has 0 radical (unpaired) electrons. The second-order valence-corrected chi connectivity index (χ2v) is 5.09. The number of amides is 2. The zero-order valence-corrected chi connectivity index (χ0v) is 12.3. The Morgan fingerprint density at radius 1 is 1.52 bits per heavy atom. The van der Waals surface area contributed by atoms with Crippen molar-refractivity contribution in [3.05, 3.63) is 24.3 Å². The summed E-state index contributed by atoms with van der Waals surface area (Å²) in [6.07, 6.45) is 1.05. The number of anilines is 1. The van der Waals surface area contributed by atoms with Crippen LogP contribution in [0.5, 0.6) is 5.75 Å². The number of piperazine rings is 1. The molecule has 1 aromatic carbocycles. The molecule has 0 aromatic heterocycles. The van der Waals surface area contributed by atoms with E-state index in [0.29, 0.717) is 12.2 Å². The lowest BCUT2D eigenvalue weighted by Gasteiger charge is -2.23. The first kappa shape index (κ1) is 15.3. The van der Waals surface area contributed by atoms with Crippen molar-refractivity contribution in [2.45, 2.75) is 32.4 Å². The molecule has 3 N–H and O–H groups in total. The van der Waals surface area contributed by atoms with Gasteiger partial charge in [-0.2, -0.15) is 0 Å². The first-order chi connectivity index (χ1) is 10.1. The van der Waals surface area contributed by atoms with E-state index in [1.165, 1.54) is 0 Å². The van der Waals surface area contributed by atoms with Crippen molar-refractivity contribution in [1.82, 2.24) is 10.6 Å². The number of benzene rings is 1. The third kappa shape index (κ3) is 4.46. The molecule has 1 aromatic rings. The van der Waals surface area contributed by atoms with Crippen LogP contribution in [-0.2, 0) is 9.59 Å². The lowest BCUT2D eigenvalue weighted by Crippen LogP contribution is -2.56. The minimum atomic E-state index is -0.415. The van der Waals surface area contributed by atoms with Gasteiger partial charge in [0.2, 0.25) is 11.8 Å². The molecule has 0 spiro atoms. The molecule has 6 nitrogen and oxygen atoms in total. The number of ether oxygens (including phenoxy) is 1. The lowest BCUT2D eigenvalue weighted by atomic mass is 10.2. The maximum atomic E-state index is 12.1. The molecule has 2 unspecified atom stereocenters. The zero-order valence-electron chi connectivity index (χ0n) is 12.3. The van der Waals surface area contributed by atoms with E-state index in [1.54, 1.807) is 6.07 Å². The van der Waals surface area contributed by atoms with Gasteiger partial charge in [-0.15, -0.1) is 0 Å². The molecule has 1 saturated heterocycles. The second-order valence-electron chi connectivity index (χ2n) is 5.09. The third-order valence-electron chi connectivity index (χ3n) is 3.34. The highest BCUT2D eigenvalue weighted by molar-refractivity contribution is 5.96. The Morgan fingerprint density at radius 3 is 3.00 bits per heavy atom. The van der Waals surface area contributed by atoms with Gasteiger partial charge >= 0.3 is 0 Å². The quantitative estimate of drug-likeness (QED) is 0.753. The van der Waals surface area contributed by atoms with Crippen LogP contribution in [0.2, 0.25) is 0 Å². The molecule has 21 heavy (non-hydrogen) atoms. The van der Waals surface area contributed by atoms with E-state index in [2.05, 4.69) is 22.9 Å². The van der Waals surface area contributed by atoms with E-state index in [9.17, 15) is 9.59 Å². The molecule has 1 heterocycles. The van der Waals surface area contributed by atoms with Crippen LogP contribution in [0.15, 0.2) is 24.3 Å². The minimum Gasteiger partial charge on any atom is -0.491 e. The second kappa shape index (κ2) is 7.08. The highest BCUT2D eigenvalue weighted by Crippen LogP contribution is 2.19. The van der Waals surface area contributed by atoms with Crippen molar-refractivity contribution in [2.75, 3.05) is 18.4 Å². The van der Waals surface area contributed by atoms with E-state index in [0.717, 1.165) is 12.2 Å². The van der Waals surface area contributed by atoms with E-state index in [-0.39, 0.29) is 24.5 Å². The van der Waals surface area contributed by atoms with Gasteiger partial charge in [-0.25, -0.2) is 0 Å². The summed E-state index contributed by atoms with van der Waals surface area (Å²) in [7, 11) is 0. The van der Waals surface area contributed by atoms with Crippen molar-refractivity contribution in [3.8, 4) is 5.75 Å². The third-order valence-corrected chi connectivity index (χ3v) is 3.34. The normalized spacial score (nSPS) is 19.5. The SMILES string of the molecule is CCC(C)Oc1cccc(NC(=O)C2CNC(=O)CN2)c1. The van der Waals surface area contributed by atoms with Crippen molar-refractivity contribution in [2.24, 2.45) is 0 Å². The van der Waals surface area contributed by atoms with Gasteiger partial charge in [0.05, 0.1) is 12.6 Å². The molecule has 2 rings (SSSR count). The Labute approximate surface area is 124 Å². The molecule has 114 valence electrons.